The van der Waals surface area contributed by atoms with Crippen molar-refractivity contribution in [3.8, 4) is 0 Å². The van der Waals surface area contributed by atoms with Gasteiger partial charge in [-0.15, -0.1) is 0 Å². The molecular formula is C16H25N3OS. The Morgan fingerprint density at radius 2 is 1.67 bits per heavy atom. The molecule has 5 heteroatoms. The Kier molecular flexibility index (Phi) is 3.25. The normalized spacial score (nSPS) is 44.5. The molecule has 0 heterocycles. The number of carbonyl (C=O) groups excluding carboxylic acids is 1. The number of hydrogen-bond donors (Lipinski definition) is 2. The van der Waals surface area contributed by atoms with Gasteiger partial charge in [0.1, 0.15) is 0 Å². The highest BCUT2D eigenvalue weighted by Gasteiger charge is 2.46. The summed E-state index contributed by atoms with van der Waals surface area (Å²) in [6.45, 7) is 0. The molecule has 4 bridgehead atoms. The van der Waals surface area contributed by atoms with Crippen molar-refractivity contribution < 1.29 is 4.79 Å². The van der Waals surface area contributed by atoms with E-state index in [0.717, 1.165) is 49.3 Å². The predicted molar refractivity (Wildman–Crippen MR) is 86.4 cm³/mol. The Morgan fingerprint density at radius 3 is 2.19 bits per heavy atom. The Balaban J connectivity index is 1.36. The van der Waals surface area contributed by atoms with Crippen LogP contribution in [0, 0.1) is 11.8 Å². The van der Waals surface area contributed by atoms with E-state index in [-0.39, 0.29) is 16.3 Å². The number of hydrogen-bond acceptors (Lipinski definition) is 3. The summed E-state index contributed by atoms with van der Waals surface area (Å²) < 4.78 is 0. The van der Waals surface area contributed by atoms with Crippen LogP contribution in [0.2, 0.25) is 0 Å². The Labute approximate surface area is 130 Å². The minimum atomic E-state index is 0.00254. The molecular weight excluding hydrogens is 282 g/mol. The van der Waals surface area contributed by atoms with Crippen LogP contribution in [0.3, 0.4) is 0 Å². The molecule has 0 atom stereocenters. The van der Waals surface area contributed by atoms with Gasteiger partial charge in [-0.25, -0.2) is 0 Å². The highest BCUT2D eigenvalue weighted by atomic mass is 32.2. The lowest BCUT2D eigenvalue weighted by Crippen LogP contribution is -2.44. The van der Waals surface area contributed by atoms with Crippen LogP contribution in [-0.4, -0.2) is 21.5 Å². The maximum atomic E-state index is 12.3. The van der Waals surface area contributed by atoms with Gasteiger partial charge < -0.3 is 11.1 Å². The van der Waals surface area contributed by atoms with E-state index in [9.17, 15) is 4.79 Å². The Hall–Kier alpha value is -0.710. The van der Waals surface area contributed by atoms with Crippen molar-refractivity contribution in [1.82, 2.24) is 5.32 Å². The van der Waals surface area contributed by atoms with Crippen LogP contribution in [0.5, 0.6) is 0 Å². The molecule has 1 amide bonds. The molecule has 116 valence electrons. The van der Waals surface area contributed by atoms with Crippen LogP contribution in [0.25, 0.3) is 0 Å². The largest absolute Gasteiger partial charge is 0.378 e. The Bertz CT molecular complexity index is 474. The molecule has 0 saturated heterocycles. The van der Waals surface area contributed by atoms with Crippen molar-refractivity contribution in [2.24, 2.45) is 22.6 Å². The summed E-state index contributed by atoms with van der Waals surface area (Å²) in [5, 5.41) is 3.72. The van der Waals surface area contributed by atoms with Crippen LogP contribution < -0.4 is 11.1 Å². The van der Waals surface area contributed by atoms with E-state index in [0.29, 0.717) is 5.17 Å². The number of carbonyl (C=O) groups is 1. The molecule has 0 aromatic heterocycles. The van der Waals surface area contributed by atoms with Gasteiger partial charge >= 0.3 is 0 Å². The minimum absolute atomic E-state index is 0.00254. The summed E-state index contributed by atoms with van der Waals surface area (Å²) in [6.07, 6.45) is 12.1. The lowest BCUT2D eigenvalue weighted by molar-refractivity contribution is 0.245. The third-order valence-electron chi connectivity index (χ3n) is 6.36. The fourth-order valence-electron chi connectivity index (χ4n) is 5.28. The van der Waals surface area contributed by atoms with E-state index in [4.69, 9.17) is 10.7 Å². The fourth-order valence-corrected chi connectivity index (χ4v) is 5.98. The number of thioether (sulfide) groups is 1. The first-order valence-corrected chi connectivity index (χ1v) is 9.24. The number of fused-ring (bicyclic) bond motifs is 4. The van der Waals surface area contributed by atoms with Crippen LogP contribution >= 0.6 is 11.8 Å². The van der Waals surface area contributed by atoms with Crippen molar-refractivity contribution in [2.75, 3.05) is 0 Å². The number of rotatable bonds is 2. The maximum Gasteiger partial charge on any atom is 0.287 e. The van der Waals surface area contributed by atoms with Gasteiger partial charge in [0.05, 0.1) is 5.54 Å². The van der Waals surface area contributed by atoms with Gasteiger partial charge in [0.15, 0.2) is 5.17 Å². The first-order chi connectivity index (χ1) is 10.1. The molecule has 4 rings (SSSR count). The van der Waals surface area contributed by atoms with Gasteiger partial charge in [-0.1, -0.05) is 0 Å². The van der Waals surface area contributed by atoms with Gasteiger partial charge in [0.25, 0.3) is 5.24 Å². The van der Waals surface area contributed by atoms with Gasteiger partial charge in [-0.05, 0) is 76.0 Å². The highest BCUT2D eigenvalue weighted by Crippen LogP contribution is 2.50. The van der Waals surface area contributed by atoms with Crippen LogP contribution in [0.15, 0.2) is 4.99 Å². The fraction of sp³-hybridized carbons (Fsp3) is 0.875. The van der Waals surface area contributed by atoms with E-state index < -0.39 is 0 Å². The number of amidine groups is 1. The molecule has 0 aromatic carbocycles. The quantitative estimate of drug-likeness (QED) is 0.607. The number of nitrogens with two attached hydrogens (primary N) is 1. The summed E-state index contributed by atoms with van der Waals surface area (Å²) in [4.78, 5) is 17.0. The Morgan fingerprint density at radius 1 is 1.05 bits per heavy atom. The molecule has 3 N–H and O–H groups in total. The SMILES string of the molecule is NC(=NC12CCC(CC1)C2)SC(=O)NC12CCC(CC1)C2. The second-order valence-corrected chi connectivity index (χ2v) is 8.76. The summed E-state index contributed by atoms with van der Waals surface area (Å²) in [7, 11) is 0. The average molecular weight is 307 g/mol. The molecule has 4 aliphatic carbocycles. The van der Waals surface area contributed by atoms with E-state index in [2.05, 4.69) is 5.32 Å². The number of nitrogens with zero attached hydrogens (tertiary/aromatic N) is 1. The third-order valence-corrected chi connectivity index (χ3v) is 6.95. The van der Waals surface area contributed by atoms with Crippen molar-refractivity contribution in [3.05, 3.63) is 0 Å². The maximum absolute atomic E-state index is 12.3. The van der Waals surface area contributed by atoms with Crippen molar-refractivity contribution in [3.63, 3.8) is 0 Å². The van der Waals surface area contributed by atoms with Crippen molar-refractivity contribution >= 4 is 22.2 Å². The highest BCUT2D eigenvalue weighted by molar-refractivity contribution is 8.26. The van der Waals surface area contributed by atoms with E-state index in [1.165, 1.54) is 38.5 Å². The molecule has 4 aliphatic rings. The predicted octanol–water partition coefficient (Wildman–Crippen LogP) is 3.41. The molecule has 4 nitrogen and oxygen atoms in total. The standard InChI is InChI=1S/C16H25N3OS/c17-13(18-15-5-1-11(9-15)2-6-15)21-14(20)19-16-7-3-12(10-16)4-8-16/h11-12H,1-10H2,(H2,17,18)(H,19,20). The third kappa shape index (κ3) is 2.58. The second-order valence-electron chi connectivity index (χ2n) is 7.76. The summed E-state index contributed by atoms with van der Waals surface area (Å²) in [5.74, 6) is 1.70. The molecule has 0 spiro atoms. The monoisotopic (exact) mass is 307 g/mol. The molecule has 4 fully saturated rings. The second kappa shape index (κ2) is 4.90. The lowest BCUT2D eigenvalue weighted by Gasteiger charge is -2.27. The zero-order valence-corrected chi connectivity index (χ0v) is 13.4. The van der Waals surface area contributed by atoms with Crippen LogP contribution in [-0.2, 0) is 0 Å². The lowest BCUT2D eigenvalue weighted by atomic mass is 9.94. The molecule has 0 unspecified atom stereocenters. The van der Waals surface area contributed by atoms with Crippen molar-refractivity contribution in [1.29, 1.82) is 0 Å². The summed E-state index contributed by atoms with van der Waals surface area (Å²) in [5.41, 5.74) is 6.21. The topological polar surface area (TPSA) is 67.5 Å². The van der Waals surface area contributed by atoms with E-state index >= 15 is 0 Å². The van der Waals surface area contributed by atoms with Crippen molar-refractivity contribution in [2.45, 2.75) is 75.3 Å². The van der Waals surface area contributed by atoms with Gasteiger partial charge in [-0.3, -0.25) is 9.79 Å². The smallest absolute Gasteiger partial charge is 0.287 e. The number of aliphatic imine (C=N–C) groups is 1. The van der Waals surface area contributed by atoms with Gasteiger partial charge in [-0.2, -0.15) is 0 Å². The molecule has 0 aliphatic heterocycles. The zero-order chi connectivity index (χ0) is 14.5. The average Bonchev–Trinajstić information content (AvgIpc) is 3.16. The van der Waals surface area contributed by atoms with Crippen LogP contribution in [0.1, 0.15) is 64.2 Å². The first kappa shape index (κ1) is 13.9. The number of nitrogens with one attached hydrogen (secondary N) is 1. The van der Waals surface area contributed by atoms with Gasteiger partial charge in [0, 0.05) is 17.3 Å². The molecule has 21 heavy (non-hydrogen) atoms. The van der Waals surface area contributed by atoms with E-state index in [1.54, 1.807) is 0 Å². The number of amides is 1. The zero-order valence-electron chi connectivity index (χ0n) is 12.6. The summed E-state index contributed by atoms with van der Waals surface area (Å²) >= 11 is 1.12. The molecule has 4 saturated carbocycles. The summed E-state index contributed by atoms with van der Waals surface area (Å²) in [6, 6.07) is 0. The van der Waals surface area contributed by atoms with Crippen LogP contribution in [0.4, 0.5) is 4.79 Å². The first-order valence-electron chi connectivity index (χ1n) is 8.42. The molecule has 0 aromatic rings. The van der Waals surface area contributed by atoms with E-state index in [1.807, 2.05) is 0 Å². The minimum Gasteiger partial charge on any atom is -0.378 e. The molecule has 0 radical (unpaired) electrons. The van der Waals surface area contributed by atoms with Gasteiger partial charge in [0.2, 0.25) is 0 Å².